The van der Waals surface area contributed by atoms with Crippen LogP contribution in [-0.2, 0) is 22.6 Å². The van der Waals surface area contributed by atoms with Gasteiger partial charge in [-0.3, -0.25) is 4.79 Å². The van der Waals surface area contributed by atoms with Crippen LogP contribution >= 0.6 is 11.8 Å². The van der Waals surface area contributed by atoms with Crippen molar-refractivity contribution in [3.63, 3.8) is 0 Å². The van der Waals surface area contributed by atoms with Crippen molar-refractivity contribution in [2.24, 2.45) is 11.8 Å². The van der Waals surface area contributed by atoms with Crippen molar-refractivity contribution in [1.29, 1.82) is 0 Å². The van der Waals surface area contributed by atoms with E-state index in [1.807, 2.05) is 32.8 Å². The average molecular weight is 498 g/mol. The van der Waals surface area contributed by atoms with E-state index in [-0.39, 0.29) is 35.7 Å². The van der Waals surface area contributed by atoms with Gasteiger partial charge in [0.25, 0.3) is 0 Å². The minimum Gasteiger partial charge on any atom is -0.507 e. The number of cyclic esters (lactones) is 1. The van der Waals surface area contributed by atoms with Gasteiger partial charge < -0.3 is 14.7 Å². The lowest BCUT2D eigenvalue weighted by atomic mass is 9.80. The molecule has 0 aromatic heterocycles. The zero-order chi connectivity index (χ0) is 25.5. The molecule has 1 amide bonds. The predicted molar refractivity (Wildman–Crippen MR) is 144 cm³/mol. The fourth-order valence-electron chi connectivity index (χ4n) is 5.30. The number of unbranched alkanes of at least 4 members (excludes halogenated alkanes) is 2. The fourth-order valence-corrected chi connectivity index (χ4v) is 6.51. The summed E-state index contributed by atoms with van der Waals surface area (Å²) in [7, 11) is 3.70. The standard InChI is InChI=1S/C29H39NO4S/c1-6-8-9-13-23(28(32)30(4)5)25-18-35-16-10-12-20(25)14-15-22-21(11-7-2)19(3)24-17-34-29(33)26(24)27(22)31/h11,14,23,25,31H,2,6,8-10,12-13,15-18H2,1,3-5H3. The maximum atomic E-state index is 13.2. The Labute approximate surface area is 214 Å². The lowest BCUT2D eigenvalue weighted by Crippen LogP contribution is -2.36. The van der Waals surface area contributed by atoms with E-state index in [0.29, 0.717) is 12.0 Å². The van der Waals surface area contributed by atoms with E-state index in [1.54, 1.807) is 11.0 Å². The van der Waals surface area contributed by atoms with Crippen LogP contribution in [0, 0.1) is 18.8 Å². The van der Waals surface area contributed by atoms with Gasteiger partial charge in [0.1, 0.15) is 17.9 Å². The zero-order valence-electron chi connectivity index (χ0n) is 21.6. The summed E-state index contributed by atoms with van der Waals surface area (Å²) in [5, 5.41) is 11.1. The Hall–Kier alpha value is -2.43. The first-order valence-corrected chi connectivity index (χ1v) is 13.8. The summed E-state index contributed by atoms with van der Waals surface area (Å²) >= 11 is 1.93. The number of ether oxygens (including phenoxy) is 1. The summed E-state index contributed by atoms with van der Waals surface area (Å²) in [6.07, 6.45) is 10.7. The highest BCUT2D eigenvalue weighted by Crippen LogP contribution is 2.40. The molecular formula is C29H39NO4S. The number of hydrogen-bond acceptors (Lipinski definition) is 5. The number of aromatic hydroxyl groups is 1. The molecule has 5 nitrogen and oxygen atoms in total. The highest BCUT2D eigenvalue weighted by molar-refractivity contribution is 7.99. The van der Waals surface area contributed by atoms with Gasteiger partial charge in [0.15, 0.2) is 0 Å². The van der Waals surface area contributed by atoms with Gasteiger partial charge in [-0.2, -0.15) is 11.8 Å². The average Bonchev–Trinajstić information content (AvgIpc) is 3.07. The van der Waals surface area contributed by atoms with E-state index in [1.165, 1.54) is 5.57 Å². The number of carbonyl (C=O) groups is 2. The Balaban J connectivity index is 2.02. The summed E-state index contributed by atoms with van der Waals surface area (Å²) in [6.45, 7) is 8.04. The van der Waals surface area contributed by atoms with Crippen molar-refractivity contribution < 1.29 is 19.4 Å². The third-order valence-electron chi connectivity index (χ3n) is 7.26. The first kappa shape index (κ1) is 27.2. The molecule has 0 bridgehead atoms. The van der Waals surface area contributed by atoms with Crippen LogP contribution in [0.25, 0.3) is 6.08 Å². The first-order valence-electron chi connectivity index (χ1n) is 12.7. The number of benzene rings is 1. The second-order valence-electron chi connectivity index (χ2n) is 9.75. The SMILES string of the molecule is C=C=Cc1c(C)c2c(c(O)c1CC=C1CCCSCC1C(CCCCC)C(=O)N(C)C)C(=O)OC2. The van der Waals surface area contributed by atoms with Crippen LogP contribution in [0.5, 0.6) is 5.75 Å². The molecule has 0 saturated carbocycles. The molecule has 2 atom stereocenters. The van der Waals surface area contributed by atoms with Gasteiger partial charge in [-0.15, -0.1) is 5.73 Å². The smallest absolute Gasteiger partial charge is 0.342 e. The number of hydrogen-bond donors (Lipinski definition) is 1. The highest BCUT2D eigenvalue weighted by Gasteiger charge is 2.34. The number of esters is 1. The zero-order valence-corrected chi connectivity index (χ0v) is 22.4. The summed E-state index contributed by atoms with van der Waals surface area (Å²) < 4.78 is 5.22. The number of carbonyl (C=O) groups excluding carboxylic acids is 2. The number of allylic oxidation sites excluding steroid dienone is 2. The van der Waals surface area contributed by atoms with Crippen LogP contribution < -0.4 is 0 Å². The Bertz CT molecular complexity index is 1040. The number of rotatable bonds is 9. The molecule has 1 fully saturated rings. The van der Waals surface area contributed by atoms with E-state index in [2.05, 4.69) is 25.3 Å². The number of amides is 1. The van der Waals surface area contributed by atoms with Crippen LogP contribution in [0.1, 0.15) is 78.1 Å². The normalized spacial score (nSPS) is 19.5. The molecule has 0 radical (unpaired) electrons. The van der Waals surface area contributed by atoms with E-state index >= 15 is 0 Å². The van der Waals surface area contributed by atoms with Crippen LogP contribution in [0.3, 0.4) is 0 Å². The van der Waals surface area contributed by atoms with Crippen molar-refractivity contribution in [2.75, 3.05) is 25.6 Å². The third-order valence-corrected chi connectivity index (χ3v) is 8.44. The number of phenols is 1. The Morgan fingerprint density at radius 1 is 1.37 bits per heavy atom. The third kappa shape index (κ3) is 6.05. The molecule has 3 rings (SSSR count). The Morgan fingerprint density at radius 3 is 2.83 bits per heavy atom. The molecule has 190 valence electrons. The lowest BCUT2D eigenvalue weighted by molar-refractivity contribution is -0.134. The molecule has 2 heterocycles. The molecule has 0 aliphatic carbocycles. The molecule has 2 unspecified atom stereocenters. The molecule has 2 aliphatic rings. The maximum Gasteiger partial charge on any atom is 0.342 e. The van der Waals surface area contributed by atoms with Crippen molar-refractivity contribution in [1.82, 2.24) is 4.90 Å². The topological polar surface area (TPSA) is 66.8 Å². The van der Waals surface area contributed by atoms with Gasteiger partial charge in [-0.1, -0.05) is 44.4 Å². The number of nitrogens with zero attached hydrogens (tertiary/aromatic N) is 1. The molecule has 35 heavy (non-hydrogen) atoms. The van der Waals surface area contributed by atoms with E-state index in [0.717, 1.165) is 66.7 Å². The molecule has 1 saturated heterocycles. The predicted octanol–water partition coefficient (Wildman–Crippen LogP) is 6.07. The second-order valence-corrected chi connectivity index (χ2v) is 10.9. The van der Waals surface area contributed by atoms with Gasteiger partial charge in [0.2, 0.25) is 5.91 Å². The van der Waals surface area contributed by atoms with E-state index < -0.39 is 5.97 Å². The summed E-state index contributed by atoms with van der Waals surface area (Å²) in [5.41, 5.74) is 7.61. The summed E-state index contributed by atoms with van der Waals surface area (Å²) in [4.78, 5) is 27.3. The van der Waals surface area contributed by atoms with Gasteiger partial charge in [-0.05, 0) is 55.6 Å². The summed E-state index contributed by atoms with van der Waals surface area (Å²) in [5.74, 6) is 1.89. The lowest BCUT2D eigenvalue weighted by Gasteiger charge is -2.29. The highest BCUT2D eigenvalue weighted by atomic mass is 32.2. The molecule has 6 heteroatoms. The number of phenolic OH excluding ortho intramolecular Hbond substituents is 1. The quantitative estimate of drug-likeness (QED) is 0.194. The molecule has 1 aromatic rings. The Kier molecular flexibility index (Phi) is 9.71. The van der Waals surface area contributed by atoms with Crippen LogP contribution in [0.2, 0.25) is 0 Å². The van der Waals surface area contributed by atoms with Crippen molar-refractivity contribution >= 4 is 29.7 Å². The van der Waals surface area contributed by atoms with Gasteiger partial charge >= 0.3 is 5.97 Å². The molecule has 1 aromatic carbocycles. The van der Waals surface area contributed by atoms with Crippen LogP contribution in [-0.4, -0.2) is 47.5 Å². The fraction of sp³-hybridized carbons (Fsp3) is 0.552. The van der Waals surface area contributed by atoms with Crippen molar-refractivity contribution in [3.8, 4) is 5.75 Å². The maximum absolute atomic E-state index is 13.2. The molecule has 0 spiro atoms. The summed E-state index contributed by atoms with van der Waals surface area (Å²) in [6, 6.07) is 0. The van der Waals surface area contributed by atoms with Crippen molar-refractivity contribution in [2.45, 2.75) is 65.4 Å². The van der Waals surface area contributed by atoms with E-state index in [4.69, 9.17) is 4.74 Å². The second kappa shape index (κ2) is 12.5. The van der Waals surface area contributed by atoms with Gasteiger partial charge in [0, 0.05) is 42.8 Å². The number of thioether (sulfide) groups is 1. The van der Waals surface area contributed by atoms with E-state index in [9.17, 15) is 14.7 Å². The van der Waals surface area contributed by atoms with Crippen LogP contribution in [0.15, 0.2) is 24.0 Å². The Morgan fingerprint density at radius 2 is 2.14 bits per heavy atom. The van der Waals surface area contributed by atoms with Crippen LogP contribution in [0.4, 0.5) is 0 Å². The minimum absolute atomic E-state index is 0.00476. The van der Waals surface area contributed by atoms with Crippen molar-refractivity contribution in [3.05, 3.63) is 51.8 Å². The van der Waals surface area contributed by atoms with Gasteiger partial charge in [-0.25, -0.2) is 4.79 Å². The molecular weight excluding hydrogens is 458 g/mol. The number of fused-ring (bicyclic) bond motifs is 1. The monoisotopic (exact) mass is 497 g/mol. The minimum atomic E-state index is -0.472. The molecule has 2 aliphatic heterocycles. The molecule has 1 N–H and O–H groups in total. The van der Waals surface area contributed by atoms with Gasteiger partial charge in [0.05, 0.1) is 0 Å². The largest absolute Gasteiger partial charge is 0.507 e. The first-order chi connectivity index (χ1) is 16.8.